The Morgan fingerprint density at radius 2 is 2.11 bits per heavy atom. The van der Waals surface area contributed by atoms with E-state index in [2.05, 4.69) is 17.1 Å². The molecule has 1 aromatic carbocycles. The van der Waals surface area contributed by atoms with E-state index in [-0.39, 0.29) is 17.0 Å². The third kappa shape index (κ3) is 3.08. The number of benzene rings is 1. The summed E-state index contributed by atoms with van der Waals surface area (Å²) in [4.78, 5) is 11.3. The summed E-state index contributed by atoms with van der Waals surface area (Å²) in [6, 6.07) is 9.91. The van der Waals surface area contributed by atoms with E-state index in [1.54, 1.807) is 7.05 Å². The third-order valence-corrected chi connectivity index (χ3v) is 4.59. The number of hydrogen-bond acceptors (Lipinski definition) is 4. The molecule has 0 aliphatic rings. The van der Waals surface area contributed by atoms with E-state index in [0.29, 0.717) is 5.16 Å². The number of aromatic nitrogens is 3. The molecule has 0 fully saturated rings. The minimum absolute atomic E-state index is 0.0806. The van der Waals surface area contributed by atoms with Crippen LogP contribution < -0.4 is 11.4 Å². The summed E-state index contributed by atoms with van der Waals surface area (Å²) in [5.41, 5.74) is 7.20. The van der Waals surface area contributed by atoms with Crippen molar-refractivity contribution in [3.8, 4) is 0 Å². The molecule has 1 heterocycles. The zero-order valence-corrected chi connectivity index (χ0v) is 11.9. The topological polar surface area (TPSA) is 76.7 Å². The number of aromatic amines is 1. The Morgan fingerprint density at radius 3 is 2.63 bits per heavy atom. The Hall–Kier alpha value is -1.53. The second kappa shape index (κ2) is 6.08. The average Bonchev–Trinajstić information content (AvgIpc) is 2.76. The molecule has 0 radical (unpaired) electrons. The molecule has 5 nitrogen and oxygen atoms in total. The molecule has 6 heteroatoms. The maximum absolute atomic E-state index is 11.3. The van der Waals surface area contributed by atoms with E-state index < -0.39 is 0 Å². The molecular weight excluding hydrogens is 260 g/mol. The summed E-state index contributed by atoms with van der Waals surface area (Å²) >= 11 is 1.53. The maximum atomic E-state index is 11.3. The summed E-state index contributed by atoms with van der Waals surface area (Å²) < 4.78 is 1.50. The van der Waals surface area contributed by atoms with Crippen molar-refractivity contribution in [3.63, 3.8) is 0 Å². The Balaban J connectivity index is 2.17. The van der Waals surface area contributed by atoms with Gasteiger partial charge in [0.25, 0.3) is 0 Å². The van der Waals surface area contributed by atoms with Crippen LogP contribution in [0.2, 0.25) is 0 Å². The summed E-state index contributed by atoms with van der Waals surface area (Å²) in [6.45, 7) is 2.09. The molecule has 102 valence electrons. The van der Waals surface area contributed by atoms with E-state index in [1.165, 1.54) is 16.3 Å². The second-order valence-electron chi connectivity index (χ2n) is 4.37. The van der Waals surface area contributed by atoms with Crippen LogP contribution in [-0.2, 0) is 7.05 Å². The first-order valence-corrected chi connectivity index (χ1v) is 7.10. The van der Waals surface area contributed by atoms with Crippen LogP contribution in [0.25, 0.3) is 0 Å². The Morgan fingerprint density at radius 1 is 1.42 bits per heavy atom. The predicted octanol–water partition coefficient (Wildman–Crippen LogP) is 1.68. The average molecular weight is 278 g/mol. The fraction of sp³-hybridized carbons (Fsp3) is 0.385. The number of nitrogens with zero attached hydrogens (tertiary/aromatic N) is 2. The van der Waals surface area contributed by atoms with Gasteiger partial charge in [0, 0.05) is 18.3 Å². The highest BCUT2D eigenvalue weighted by molar-refractivity contribution is 7.99. The van der Waals surface area contributed by atoms with Crippen LogP contribution >= 0.6 is 11.8 Å². The van der Waals surface area contributed by atoms with Crippen molar-refractivity contribution >= 4 is 11.8 Å². The highest BCUT2D eigenvalue weighted by Crippen LogP contribution is 2.31. The number of hydrogen-bond donors (Lipinski definition) is 2. The summed E-state index contributed by atoms with van der Waals surface area (Å²) in [7, 11) is 1.70. The highest BCUT2D eigenvalue weighted by Gasteiger charge is 2.21. The number of thioether (sulfide) groups is 1. The summed E-state index contributed by atoms with van der Waals surface area (Å²) in [5.74, 6) is 0. The van der Waals surface area contributed by atoms with Crippen molar-refractivity contribution < 1.29 is 0 Å². The van der Waals surface area contributed by atoms with E-state index in [4.69, 9.17) is 5.73 Å². The van der Waals surface area contributed by atoms with Gasteiger partial charge in [0.15, 0.2) is 5.16 Å². The van der Waals surface area contributed by atoms with E-state index in [9.17, 15) is 4.79 Å². The number of rotatable bonds is 5. The van der Waals surface area contributed by atoms with Gasteiger partial charge in [0.1, 0.15) is 0 Å². The molecule has 0 amide bonds. The Kier molecular flexibility index (Phi) is 4.44. The van der Waals surface area contributed by atoms with Crippen molar-refractivity contribution in [1.29, 1.82) is 0 Å². The Labute approximate surface area is 116 Å². The van der Waals surface area contributed by atoms with Gasteiger partial charge in [-0.25, -0.2) is 9.89 Å². The van der Waals surface area contributed by atoms with Gasteiger partial charge in [-0.05, 0) is 12.0 Å². The number of nitrogens with two attached hydrogens (primary N) is 1. The van der Waals surface area contributed by atoms with Gasteiger partial charge in [0.05, 0.1) is 0 Å². The molecule has 2 atom stereocenters. The van der Waals surface area contributed by atoms with E-state index in [0.717, 1.165) is 12.0 Å². The van der Waals surface area contributed by atoms with Crippen LogP contribution in [0.3, 0.4) is 0 Å². The van der Waals surface area contributed by atoms with Crippen LogP contribution in [0.4, 0.5) is 0 Å². The molecule has 0 saturated heterocycles. The third-order valence-electron chi connectivity index (χ3n) is 3.08. The van der Waals surface area contributed by atoms with Gasteiger partial charge >= 0.3 is 5.69 Å². The lowest BCUT2D eigenvalue weighted by Crippen LogP contribution is -2.24. The lowest BCUT2D eigenvalue weighted by molar-refractivity contribution is 0.649. The molecule has 2 unspecified atom stereocenters. The van der Waals surface area contributed by atoms with Crippen LogP contribution in [0.15, 0.2) is 40.3 Å². The van der Waals surface area contributed by atoms with Crippen molar-refractivity contribution in [2.75, 3.05) is 0 Å². The van der Waals surface area contributed by atoms with Gasteiger partial charge in [-0.1, -0.05) is 49.0 Å². The van der Waals surface area contributed by atoms with Crippen LogP contribution in [0.5, 0.6) is 0 Å². The van der Waals surface area contributed by atoms with Crippen molar-refractivity contribution in [3.05, 3.63) is 46.4 Å². The lowest BCUT2D eigenvalue weighted by atomic mass is 10.0. The molecule has 1 aromatic heterocycles. The molecule has 2 aromatic rings. The monoisotopic (exact) mass is 278 g/mol. The molecule has 0 aliphatic heterocycles. The quantitative estimate of drug-likeness (QED) is 0.816. The first kappa shape index (κ1) is 13.9. The molecule has 0 spiro atoms. The second-order valence-corrected chi connectivity index (χ2v) is 5.58. The summed E-state index contributed by atoms with van der Waals surface area (Å²) in [5, 5.41) is 7.30. The largest absolute Gasteiger partial charge is 0.343 e. The fourth-order valence-electron chi connectivity index (χ4n) is 1.87. The lowest BCUT2D eigenvalue weighted by Gasteiger charge is -2.21. The smallest absolute Gasteiger partial charge is 0.323 e. The SMILES string of the molecule is CCC(Sc1n[nH]c(=O)n1C)C(N)c1ccccc1. The van der Waals surface area contributed by atoms with Gasteiger partial charge in [-0.2, -0.15) is 0 Å². The van der Waals surface area contributed by atoms with Crippen molar-refractivity contribution in [2.45, 2.75) is 29.8 Å². The van der Waals surface area contributed by atoms with Gasteiger partial charge in [-0.15, -0.1) is 5.10 Å². The number of nitrogens with one attached hydrogen (secondary N) is 1. The molecule has 19 heavy (non-hydrogen) atoms. The number of H-pyrrole nitrogens is 1. The fourth-order valence-corrected chi connectivity index (χ4v) is 2.95. The van der Waals surface area contributed by atoms with Gasteiger partial charge in [-0.3, -0.25) is 4.57 Å². The highest BCUT2D eigenvalue weighted by atomic mass is 32.2. The normalized spacial score (nSPS) is 14.3. The van der Waals surface area contributed by atoms with E-state index >= 15 is 0 Å². The first-order chi connectivity index (χ1) is 9.13. The van der Waals surface area contributed by atoms with Crippen LogP contribution in [0.1, 0.15) is 24.9 Å². The van der Waals surface area contributed by atoms with Crippen LogP contribution in [-0.4, -0.2) is 20.0 Å². The zero-order valence-electron chi connectivity index (χ0n) is 11.0. The maximum Gasteiger partial charge on any atom is 0.343 e. The standard InChI is InChI=1S/C13H18N4OS/c1-3-10(11(14)9-7-5-4-6-8-9)19-13-16-15-12(18)17(13)2/h4-8,10-11H,3,14H2,1-2H3,(H,15,18). The summed E-state index contributed by atoms with van der Waals surface area (Å²) in [6.07, 6.45) is 0.905. The minimum Gasteiger partial charge on any atom is -0.323 e. The predicted molar refractivity (Wildman–Crippen MR) is 77.1 cm³/mol. The van der Waals surface area contributed by atoms with Gasteiger partial charge in [0.2, 0.25) is 0 Å². The molecule has 0 bridgehead atoms. The molecule has 0 aliphatic carbocycles. The van der Waals surface area contributed by atoms with Gasteiger partial charge < -0.3 is 5.73 Å². The van der Waals surface area contributed by atoms with Crippen molar-refractivity contribution in [2.24, 2.45) is 12.8 Å². The van der Waals surface area contributed by atoms with E-state index in [1.807, 2.05) is 30.3 Å². The zero-order chi connectivity index (χ0) is 13.8. The molecule has 3 N–H and O–H groups in total. The van der Waals surface area contributed by atoms with Crippen molar-refractivity contribution in [1.82, 2.24) is 14.8 Å². The Bertz CT molecular complexity index is 578. The molecule has 2 rings (SSSR count). The van der Waals surface area contributed by atoms with Crippen LogP contribution in [0, 0.1) is 0 Å². The molecule has 0 saturated carbocycles. The molecular formula is C13H18N4OS. The minimum atomic E-state index is -0.203. The first-order valence-electron chi connectivity index (χ1n) is 6.22.